The minimum Gasteiger partial charge on any atom is -0.361 e. The van der Waals surface area contributed by atoms with E-state index in [2.05, 4.69) is 28.5 Å². The van der Waals surface area contributed by atoms with Crippen molar-refractivity contribution in [1.82, 2.24) is 10.3 Å². The van der Waals surface area contributed by atoms with E-state index in [0.29, 0.717) is 6.54 Å². The summed E-state index contributed by atoms with van der Waals surface area (Å²) in [5, 5.41) is 4.41. The van der Waals surface area contributed by atoms with Crippen molar-refractivity contribution in [2.75, 3.05) is 7.05 Å². The van der Waals surface area contributed by atoms with Crippen molar-refractivity contribution in [3.63, 3.8) is 0 Å². The summed E-state index contributed by atoms with van der Waals surface area (Å²) >= 11 is 0. The molecule has 1 aromatic carbocycles. The lowest BCUT2D eigenvalue weighted by Gasteiger charge is -2.00. The molecule has 14 heavy (non-hydrogen) atoms. The first kappa shape index (κ1) is 9.24. The molecule has 0 radical (unpaired) electrons. The van der Waals surface area contributed by atoms with Crippen LogP contribution >= 0.6 is 0 Å². The second-order valence-electron chi connectivity index (χ2n) is 3.39. The van der Waals surface area contributed by atoms with E-state index < -0.39 is 0 Å². The van der Waals surface area contributed by atoms with Crippen LogP contribution in [-0.2, 0) is 13.1 Å². The van der Waals surface area contributed by atoms with Gasteiger partial charge in [0.15, 0.2) is 0 Å². The maximum absolute atomic E-state index is 5.66. The number of para-hydroxylation sites is 1. The van der Waals surface area contributed by atoms with Crippen LogP contribution in [-0.4, -0.2) is 12.0 Å². The first-order chi connectivity index (χ1) is 6.86. The number of hydrogen-bond donors (Lipinski definition) is 3. The molecule has 2 rings (SSSR count). The monoisotopic (exact) mass is 189 g/mol. The van der Waals surface area contributed by atoms with E-state index in [1.807, 2.05) is 13.2 Å². The number of nitrogens with one attached hydrogen (secondary N) is 2. The summed E-state index contributed by atoms with van der Waals surface area (Å²) in [5.74, 6) is 0. The second kappa shape index (κ2) is 3.82. The summed E-state index contributed by atoms with van der Waals surface area (Å²) in [6, 6.07) is 6.23. The van der Waals surface area contributed by atoms with Crippen molar-refractivity contribution in [3.05, 3.63) is 35.5 Å². The standard InChI is InChI=1S/C11H15N3/c1-13-6-9-7-14-11-8(5-12)3-2-4-10(9)11/h2-4,7,13-14H,5-6,12H2,1H3. The highest BCUT2D eigenvalue weighted by molar-refractivity contribution is 5.86. The fourth-order valence-electron chi connectivity index (χ4n) is 1.78. The van der Waals surface area contributed by atoms with Crippen LogP contribution in [0.3, 0.4) is 0 Å². The molecular weight excluding hydrogens is 174 g/mol. The minimum absolute atomic E-state index is 0.580. The van der Waals surface area contributed by atoms with E-state index in [1.54, 1.807) is 0 Å². The summed E-state index contributed by atoms with van der Waals surface area (Å²) < 4.78 is 0. The molecule has 0 aliphatic rings. The van der Waals surface area contributed by atoms with Gasteiger partial charge in [0.2, 0.25) is 0 Å². The van der Waals surface area contributed by atoms with Crippen LogP contribution in [0, 0.1) is 0 Å². The molecule has 0 amide bonds. The average Bonchev–Trinajstić information content (AvgIpc) is 2.62. The van der Waals surface area contributed by atoms with E-state index in [-0.39, 0.29) is 0 Å². The fraction of sp³-hybridized carbons (Fsp3) is 0.273. The number of fused-ring (bicyclic) bond motifs is 1. The molecule has 0 atom stereocenters. The van der Waals surface area contributed by atoms with Crippen molar-refractivity contribution in [2.45, 2.75) is 13.1 Å². The van der Waals surface area contributed by atoms with Gasteiger partial charge in [-0.3, -0.25) is 0 Å². The molecule has 1 heterocycles. The number of nitrogens with two attached hydrogens (primary N) is 1. The molecule has 0 aliphatic carbocycles. The fourth-order valence-corrected chi connectivity index (χ4v) is 1.78. The minimum atomic E-state index is 0.580. The molecule has 0 bridgehead atoms. The third-order valence-electron chi connectivity index (χ3n) is 2.47. The summed E-state index contributed by atoms with van der Waals surface area (Å²) in [6.45, 7) is 1.46. The number of H-pyrrole nitrogens is 1. The number of hydrogen-bond acceptors (Lipinski definition) is 2. The van der Waals surface area contributed by atoms with Crippen LogP contribution in [0.15, 0.2) is 24.4 Å². The van der Waals surface area contributed by atoms with Gasteiger partial charge in [-0.2, -0.15) is 0 Å². The molecule has 0 aliphatic heterocycles. The first-order valence-corrected chi connectivity index (χ1v) is 4.79. The highest BCUT2D eigenvalue weighted by Gasteiger charge is 2.04. The lowest BCUT2D eigenvalue weighted by Crippen LogP contribution is -2.04. The molecule has 0 fully saturated rings. The van der Waals surface area contributed by atoms with Crippen LogP contribution in [0.4, 0.5) is 0 Å². The molecule has 3 nitrogen and oxygen atoms in total. The zero-order valence-corrected chi connectivity index (χ0v) is 8.30. The highest BCUT2D eigenvalue weighted by atomic mass is 14.8. The summed E-state index contributed by atoms with van der Waals surface area (Å²) in [5.41, 5.74) is 9.29. The zero-order chi connectivity index (χ0) is 9.97. The molecule has 1 aromatic heterocycles. The molecule has 0 saturated heterocycles. The number of rotatable bonds is 3. The van der Waals surface area contributed by atoms with Gasteiger partial charge in [0.25, 0.3) is 0 Å². The van der Waals surface area contributed by atoms with Gasteiger partial charge in [0, 0.05) is 24.7 Å². The van der Waals surface area contributed by atoms with E-state index in [1.165, 1.54) is 22.0 Å². The number of aromatic amines is 1. The Morgan fingerprint density at radius 2 is 2.21 bits per heavy atom. The second-order valence-corrected chi connectivity index (χ2v) is 3.39. The van der Waals surface area contributed by atoms with Crippen LogP contribution in [0.25, 0.3) is 10.9 Å². The molecule has 3 heteroatoms. The van der Waals surface area contributed by atoms with Crippen molar-refractivity contribution in [1.29, 1.82) is 0 Å². The molecule has 0 spiro atoms. The molecular formula is C11H15N3. The average molecular weight is 189 g/mol. The Kier molecular flexibility index (Phi) is 2.52. The molecule has 2 aromatic rings. The Balaban J connectivity index is 2.57. The molecule has 0 saturated carbocycles. The van der Waals surface area contributed by atoms with Gasteiger partial charge in [-0.1, -0.05) is 18.2 Å². The van der Waals surface area contributed by atoms with Gasteiger partial charge in [-0.15, -0.1) is 0 Å². The smallest absolute Gasteiger partial charge is 0.0502 e. The van der Waals surface area contributed by atoms with E-state index in [9.17, 15) is 0 Å². The number of benzene rings is 1. The molecule has 74 valence electrons. The Morgan fingerprint density at radius 1 is 1.36 bits per heavy atom. The van der Waals surface area contributed by atoms with E-state index in [4.69, 9.17) is 5.73 Å². The van der Waals surface area contributed by atoms with Gasteiger partial charge in [0.1, 0.15) is 0 Å². The molecule has 4 N–H and O–H groups in total. The predicted octanol–water partition coefficient (Wildman–Crippen LogP) is 1.35. The van der Waals surface area contributed by atoms with E-state index >= 15 is 0 Å². The van der Waals surface area contributed by atoms with Gasteiger partial charge in [-0.25, -0.2) is 0 Å². The Labute approximate surface area is 83.3 Å². The maximum Gasteiger partial charge on any atom is 0.0502 e. The van der Waals surface area contributed by atoms with Crippen molar-refractivity contribution < 1.29 is 0 Å². The largest absolute Gasteiger partial charge is 0.361 e. The van der Waals surface area contributed by atoms with Crippen molar-refractivity contribution >= 4 is 10.9 Å². The summed E-state index contributed by atoms with van der Waals surface area (Å²) in [6.07, 6.45) is 2.04. The summed E-state index contributed by atoms with van der Waals surface area (Å²) in [7, 11) is 1.95. The predicted molar refractivity (Wildman–Crippen MR) is 59.0 cm³/mol. The van der Waals surface area contributed by atoms with Gasteiger partial charge in [0.05, 0.1) is 5.52 Å². The normalized spacial score (nSPS) is 11.0. The van der Waals surface area contributed by atoms with Crippen LogP contribution < -0.4 is 11.1 Å². The molecule has 0 unspecified atom stereocenters. The van der Waals surface area contributed by atoms with E-state index in [0.717, 1.165) is 6.54 Å². The lowest BCUT2D eigenvalue weighted by molar-refractivity contribution is 0.823. The van der Waals surface area contributed by atoms with Gasteiger partial charge in [-0.05, 0) is 18.2 Å². The Bertz CT molecular complexity index is 431. The third-order valence-corrected chi connectivity index (χ3v) is 2.47. The Morgan fingerprint density at radius 3 is 2.93 bits per heavy atom. The summed E-state index contributed by atoms with van der Waals surface area (Å²) in [4.78, 5) is 3.27. The Hall–Kier alpha value is -1.32. The maximum atomic E-state index is 5.66. The number of aromatic nitrogens is 1. The van der Waals surface area contributed by atoms with Crippen molar-refractivity contribution in [2.24, 2.45) is 5.73 Å². The quantitative estimate of drug-likeness (QED) is 0.682. The van der Waals surface area contributed by atoms with Gasteiger partial charge >= 0.3 is 0 Å². The SMILES string of the molecule is CNCc1c[nH]c2c(CN)cccc12. The van der Waals surface area contributed by atoms with Crippen molar-refractivity contribution in [3.8, 4) is 0 Å². The zero-order valence-electron chi connectivity index (χ0n) is 8.30. The van der Waals surface area contributed by atoms with Crippen LogP contribution in [0.1, 0.15) is 11.1 Å². The van der Waals surface area contributed by atoms with Crippen LogP contribution in [0.2, 0.25) is 0 Å². The first-order valence-electron chi connectivity index (χ1n) is 4.79. The van der Waals surface area contributed by atoms with Gasteiger partial charge < -0.3 is 16.0 Å². The topological polar surface area (TPSA) is 53.8 Å². The lowest BCUT2D eigenvalue weighted by atomic mass is 10.1. The highest BCUT2D eigenvalue weighted by Crippen LogP contribution is 2.21. The third kappa shape index (κ3) is 1.41. The van der Waals surface area contributed by atoms with Crippen LogP contribution in [0.5, 0.6) is 0 Å².